The van der Waals surface area contributed by atoms with Gasteiger partial charge in [-0.05, 0) is 36.2 Å². The van der Waals surface area contributed by atoms with Crippen molar-refractivity contribution >= 4 is 35.1 Å². The first kappa shape index (κ1) is 17.0. The van der Waals surface area contributed by atoms with E-state index in [0.717, 1.165) is 0 Å². The zero-order chi connectivity index (χ0) is 18.1. The van der Waals surface area contributed by atoms with Crippen molar-refractivity contribution in [1.82, 2.24) is 15.1 Å². The van der Waals surface area contributed by atoms with Crippen molar-refractivity contribution in [3.05, 3.63) is 52.2 Å². The first-order valence-corrected chi connectivity index (χ1v) is 8.05. The van der Waals surface area contributed by atoms with Crippen LogP contribution in [0, 0.1) is 5.92 Å². The van der Waals surface area contributed by atoms with Crippen molar-refractivity contribution in [2.75, 3.05) is 11.9 Å². The van der Waals surface area contributed by atoms with E-state index in [1.807, 2.05) is 13.8 Å². The number of rotatable bonds is 4. The predicted octanol–water partition coefficient (Wildman–Crippen LogP) is 2.63. The standard InChI is InChI=1S/C17H15ClN4O3/c1-9(2)8-22-16(24)11-4-3-10(7-12(11)17(22)25)15(23)19-14-6-5-13(18)20-21-14/h3-7,9H,8H2,1-2H3,(H,19,21,23). The molecular weight excluding hydrogens is 344 g/mol. The van der Waals surface area contributed by atoms with Crippen molar-refractivity contribution in [1.29, 1.82) is 0 Å². The number of hydrogen-bond acceptors (Lipinski definition) is 5. The SMILES string of the molecule is CC(C)CN1C(=O)c2ccc(C(=O)Nc3ccc(Cl)nn3)cc2C1=O. The zero-order valence-electron chi connectivity index (χ0n) is 13.6. The number of halogens is 1. The molecule has 0 saturated carbocycles. The normalized spacial score (nSPS) is 13.4. The summed E-state index contributed by atoms with van der Waals surface area (Å²) in [6.45, 7) is 4.19. The van der Waals surface area contributed by atoms with Gasteiger partial charge in [-0.1, -0.05) is 25.4 Å². The number of benzene rings is 1. The summed E-state index contributed by atoms with van der Waals surface area (Å²) in [7, 11) is 0. The Kier molecular flexibility index (Phi) is 4.50. The second kappa shape index (κ2) is 6.60. The van der Waals surface area contributed by atoms with Gasteiger partial charge in [-0.15, -0.1) is 10.2 Å². The molecule has 1 N–H and O–H groups in total. The Balaban J connectivity index is 1.84. The summed E-state index contributed by atoms with van der Waals surface area (Å²) in [5, 5.41) is 10.2. The van der Waals surface area contributed by atoms with E-state index in [0.29, 0.717) is 12.1 Å². The number of fused-ring (bicyclic) bond motifs is 1. The van der Waals surface area contributed by atoms with Crippen LogP contribution in [-0.4, -0.2) is 39.4 Å². The molecule has 0 bridgehead atoms. The molecule has 2 heterocycles. The monoisotopic (exact) mass is 358 g/mol. The van der Waals surface area contributed by atoms with Gasteiger partial charge in [-0.25, -0.2) is 0 Å². The molecule has 0 radical (unpaired) electrons. The molecule has 1 aliphatic rings. The highest BCUT2D eigenvalue weighted by Gasteiger charge is 2.36. The summed E-state index contributed by atoms with van der Waals surface area (Å²) in [6.07, 6.45) is 0. The highest BCUT2D eigenvalue weighted by molar-refractivity contribution is 6.29. The third-order valence-electron chi connectivity index (χ3n) is 3.65. The molecule has 0 aliphatic carbocycles. The maximum atomic E-state index is 12.4. The molecule has 1 aliphatic heterocycles. The topological polar surface area (TPSA) is 92.3 Å². The van der Waals surface area contributed by atoms with Crippen LogP contribution in [0.3, 0.4) is 0 Å². The number of amides is 3. The molecule has 25 heavy (non-hydrogen) atoms. The van der Waals surface area contributed by atoms with Crippen LogP contribution in [0.1, 0.15) is 44.9 Å². The molecule has 0 saturated heterocycles. The molecule has 2 aromatic rings. The Labute approximate surface area is 149 Å². The van der Waals surface area contributed by atoms with Gasteiger partial charge in [0, 0.05) is 12.1 Å². The van der Waals surface area contributed by atoms with Gasteiger partial charge in [0.1, 0.15) is 0 Å². The molecule has 1 aromatic carbocycles. The Morgan fingerprint density at radius 2 is 1.84 bits per heavy atom. The number of nitrogens with one attached hydrogen (secondary N) is 1. The average Bonchev–Trinajstić information content (AvgIpc) is 2.81. The van der Waals surface area contributed by atoms with E-state index in [1.54, 1.807) is 0 Å². The second-order valence-corrected chi connectivity index (χ2v) is 6.46. The largest absolute Gasteiger partial charge is 0.305 e. The van der Waals surface area contributed by atoms with Gasteiger partial charge in [0.25, 0.3) is 17.7 Å². The molecule has 7 nitrogen and oxygen atoms in total. The zero-order valence-corrected chi connectivity index (χ0v) is 14.4. The van der Waals surface area contributed by atoms with Crippen LogP contribution in [-0.2, 0) is 0 Å². The third-order valence-corrected chi connectivity index (χ3v) is 3.86. The Morgan fingerprint density at radius 3 is 2.48 bits per heavy atom. The maximum absolute atomic E-state index is 12.4. The molecule has 3 rings (SSSR count). The fourth-order valence-electron chi connectivity index (χ4n) is 2.53. The van der Waals surface area contributed by atoms with Gasteiger partial charge in [0.05, 0.1) is 11.1 Å². The highest BCUT2D eigenvalue weighted by atomic mass is 35.5. The summed E-state index contributed by atoms with van der Waals surface area (Å²) in [5.74, 6) is -0.770. The number of anilines is 1. The van der Waals surface area contributed by atoms with E-state index in [1.165, 1.54) is 35.2 Å². The van der Waals surface area contributed by atoms with E-state index < -0.39 is 5.91 Å². The lowest BCUT2D eigenvalue weighted by Gasteiger charge is -2.15. The van der Waals surface area contributed by atoms with Gasteiger partial charge in [0.2, 0.25) is 0 Å². The maximum Gasteiger partial charge on any atom is 0.261 e. The molecular formula is C17H15ClN4O3. The average molecular weight is 359 g/mol. The minimum Gasteiger partial charge on any atom is -0.305 e. The van der Waals surface area contributed by atoms with E-state index in [2.05, 4.69) is 15.5 Å². The molecule has 8 heteroatoms. The van der Waals surface area contributed by atoms with Crippen molar-refractivity contribution < 1.29 is 14.4 Å². The van der Waals surface area contributed by atoms with E-state index in [9.17, 15) is 14.4 Å². The van der Waals surface area contributed by atoms with E-state index in [-0.39, 0.29) is 39.8 Å². The van der Waals surface area contributed by atoms with E-state index in [4.69, 9.17) is 11.6 Å². The lowest BCUT2D eigenvalue weighted by molar-refractivity contribution is 0.0636. The summed E-state index contributed by atoms with van der Waals surface area (Å²) in [4.78, 5) is 38.3. The van der Waals surface area contributed by atoms with Crippen LogP contribution in [0.2, 0.25) is 5.15 Å². The summed E-state index contributed by atoms with van der Waals surface area (Å²) in [6, 6.07) is 7.44. The van der Waals surface area contributed by atoms with Crippen LogP contribution < -0.4 is 5.32 Å². The minimum atomic E-state index is -0.456. The van der Waals surface area contributed by atoms with Gasteiger partial charge < -0.3 is 5.32 Å². The fraction of sp³-hybridized carbons (Fsp3) is 0.235. The number of imide groups is 1. The fourth-order valence-corrected chi connectivity index (χ4v) is 2.63. The van der Waals surface area contributed by atoms with Gasteiger partial charge >= 0.3 is 0 Å². The highest BCUT2D eigenvalue weighted by Crippen LogP contribution is 2.25. The van der Waals surface area contributed by atoms with Gasteiger partial charge in [0.15, 0.2) is 11.0 Å². The lowest BCUT2D eigenvalue weighted by Crippen LogP contribution is -2.33. The van der Waals surface area contributed by atoms with Crippen LogP contribution >= 0.6 is 11.6 Å². The molecule has 0 spiro atoms. The molecule has 3 amide bonds. The molecule has 128 valence electrons. The Morgan fingerprint density at radius 1 is 1.12 bits per heavy atom. The molecule has 0 fully saturated rings. The van der Waals surface area contributed by atoms with Crippen molar-refractivity contribution in [3.63, 3.8) is 0 Å². The smallest absolute Gasteiger partial charge is 0.261 e. The summed E-state index contributed by atoms with van der Waals surface area (Å²) >= 11 is 5.65. The second-order valence-electron chi connectivity index (χ2n) is 6.07. The Bertz CT molecular complexity index is 865. The van der Waals surface area contributed by atoms with Crippen molar-refractivity contribution in [2.24, 2.45) is 5.92 Å². The number of nitrogens with zero attached hydrogens (tertiary/aromatic N) is 3. The molecule has 0 atom stereocenters. The van der Waals surface area contributed by atoms with Crippen LogP contribution in [0.4, 0.5) is 5.82 Å². The Hall–Kier alpha value is -2.80. The van der Waals surface area contributed by atoms with Gasteiger partial charge in [-0.2, -0.15) is 0 Å². The van der Waals surface area contributed by atoms with Crippen molar-refractivity contribution in [2.45, 2.75) is 13.8 Å². The molecule has 1 aromatic heterocycles. The lowest BCUT2D eigenvalue weighted by atomic mass is 10.1. The third kappa shape index (κ3) is 3.36. The van der Waals surface area contributed by atoms with Gasteiger partial charge in [-0.3, -0.25) is 19.3 Å². The minimum absolute atomic E-state index is 0.161. The van der Waals surface area contributed by atoms with Crippen LogP contribution in [0.25, 0.3) is 0 Å². The number of carbonyl (C=O) groups excluding carboxylic acids is 3. The first-order valence-electron chi connectivity index (χ1n) is 7.67. The van der Waals surface area contributed by atoms with E-state index >= 15 is 0 Å². The predicted molar refractivity (Wildman–Crippen MR) is 91.6 cm³/mol. The van der Waals surface area contributed by atoms with Crippen LogP contribution in [0.15, 0.2) is 30.3 Å². The summed E-state index contributed by atoms with van der Waals surface area (Å²) in [5.41, 5.74) is 0.803. The first-order chi connectivity index (χ1) is 11.9. The molecule has 0 unspecified atom stereocenters. The van der Waals surface area contributed by atoms with Crippen LogP contribution in [0.5, 0.6) is 0 Å². The number of carbonyl (C=O) groups is 3. The summed E-state index contributed by atoms with van der Waals surface area (Å²) < 4.78 is 0. The van der Waals surface area contributed by atoms with Crippen molar-refractivity contribution in [3.8, 4) is 0 Å². The quantitative estimate of drug-likeness (QED) is 0.848. The number of hydrogen-bond donors (Lipinski definition) is 1. The number of aromatic nitrogens is 2.